The van der Waals surface area contributed by atoms with Crippen LogP contribution < -0.4 is 0 Å². The zero-order valence-electron chi connectivity index (χ0n) is 22.9. The second-order valence-electron chi connectivity index (χ2n) is 11.7. The summed E-state index contributed by atoms with van der Waals surface area (Å²) in [4.78, 5) is 24.0. The summed E-state index contributed by atoms with van der Waals surface area (Å²) in [6, 6.07) is 14.9. The molecule has 0 amide bonds. The van der Waals surface area contributed by atoms with Crippen LogP contribution in [-0.4, -0.2) is 30.3 Å². The smallest absolute Gasteiger partial charge is 0.303 e. The molecule has 1 spiro atoms. The van der Waals surface area contributed by atoms with Gasteiger partial charge >= 0.3 is 11.9 Å². The molecule has 0 radical (unpaired) electrons. The summed E-state index contributed by atoms with van der Waals surface area (Å²) in [6.45, 7) is 6.76. The number of esters is 2. The molecule has 1 heterocycles. The summed E-state index contributed by atoms with van der Waals surface area (Å²) in [5.41, 5.74) is 5.16. The van der Waals surface area contributed by atoms with E-state index in [1.165, 1.54) is 57.1 Å². The lowest BCUT2D eigenvalue weighted by Crippen LogP contribution is -2.52. The van der Waals surface area contributed by atoms with Crippen LogP contribution in [0.2, 0.25) is 5.02 Å². The van der Waals surface area contributed by atoms with Gasteiger partial charge in [-0.2, -0.15) is 0 Å². The van der Waals surface area contributed by atoms with Crippen molar-refractivity contribution in [3.05, 3.63) is 69.7 Å². The molecule has 5 rings (SSSR count). The molecule has 2 aromatic rings. The molecule has 6 heteroatoms. The maximum atomic E-state index is 12.1. The monoisotopic (exact) mass is 538 g/mol. The van der Waals surface area contributed by atoms with Gasteiger partial charge in [-0.15, -0.1) is 0 Å². The van der Waals surface area contributed by atoms with E-state index in [1.54, 1.807) is 0 Å². The zero-order chi connectivity index (χ0) is 27.0. The van der Waals surface area contributed by atoms with Gasteiger partial charge in [0.1, 0.15) is 12.2 Å². The van der Waals surface area contributed by atoms with Crippen molar-refractivity contribution in [1.29, 1.82) is 0 Å². The third kappa shape index (κ3) is 5.79. The largest absolute Gasteiger partial charge is 0.458 e. The maximum Gasteiger partial charge on any atom is 0.303 e. The van der Waals surface area contributed by atoms with Gasteiger partial charge in [-0.05, 0) is 84.6 Å². The Morgan fingerprint density at radius 2 is 1.63 bits per heavy atom. The average molecular weight is 539 g/mol. The molecule has 0 N–H and O–H groups in total. The minimum Gasteiger partial charge on any atom is -0.458 e. The van der Waals surface area contributed by atoms with Crippen molar-refractivity contribution < 1.29 is 23.8 Å². The molecule has 2 unspecified atom stereocenters. The minimum absolute atomic E-state index is 0.121. The van der Waals surface area contributed by atoms with Crippen molar-refractivity contribution in [3.63, 3.8) is 0 Å². The van der Waals surface area contributed by atoms with E-state index in [2.05, 4.69) is 24.3 Å². The van der Waals surface area contributed by atoms with E-state index < -0.39 is 30.3 Å². The highest BCUT2D eigenvalue weighted by molar-refractivity contribution is 6.31. The Balaban J connectivity index is 1.38. The molecule has 2 saturated carbocycles. The van der Waals surface area contributed by atoms with Crippen molar-refractivity contribution in [3.8, 4) is 0 Å². The van der Waals surface area contributed by atoms with Crippen molar-refractivity contribution in [2.45, 2.75) is 103 Å². The van der Waals surface area contributed by atoms with E-state index in [4.69, 9.17) is 25.8 Å². The third-order valence-corrected chi connectivity index (χ3v) is 9.33. The number of hydrogen-bond donors (Lipinski definition) is 0. The lowest BCUT2D eigenvalue weighted by Gasteiger charge is -2.44. The van der Waals surface area contributed by atoms with E-state index in [-0.39, 0.29) is 12.0 Å². The quantitative estimate of drug-likeness (QED) is 0.345. The summed E-state index contributed by atoms with van der Waals surface area (Å²) in [5, 5.41) is 0.682. The van der Waals surface area contributed by atoms with Crippen LogP contribution in [0.4, 0.5) is 0 Å². The van der Waals surface area contributed by atoms with Crippen LogP contribution in [0.1, 0.15) is 100 Å². The molecule has 0 bridgehead atoms. The molecule has 204 valence electrons. The highest BCUT2D eigenvalue weighted by Crippen LogP contribution is 2.61. The Labute approximate surface area is 231 Å². The van der Waals surface area contributed by atoms with Gasteiger partial charge in [-0.3, -0.25) is 9.59 Å². The first-order valence-corrected chi connectivity index (χ1v) is 14.4. The van der Waals surface area contributed by atoms with Gasteiger partial charge in [0.15, 0.2) is 6.10 Å². The summed E-state index contributed by atoms with van der Waals surface area (Å²) >= 11 is 6.66. The van der Waals surface area contributed by atoms with Crippen molar-refractivity contribution in [1.82, 2.24) is 0 Å². The number of benzene rings is 2. The molecule has 5 nitrogen and oxygen atoms in total. The molecule has 38 heavy (non-hydrogen) atoms. The molecule has 1 aliphatic heterocycles. The van der Waals surface area contributed by atoms with E-state index in [0.717, 1.165) is 17.5 Å². The highest BCUT2D eigenvalue weighted by atomic mass is 35.5. The first kappa shape index (κ1) is 27.2. The Morgan fingerprint density at radius 3 is 2.24 bits per heavy atom. The molecule has 0 aromatic heterocycles. The molecule has 2 aliphatic carbocycles. The zero-order valence-corrected chi connectivity index (χ0v) is 23.6. The van der Waals surface area contributed by atoms with Crippen LogP contribution in [0.25, 0.3) is 0 Å². The van der Waals surface area contributed by atoms with Crippen LogP contribution in [0.15, 0.2) is 42.5 Å². The first-order valence-electron chi connectivity index (χ1n) is 14.0. The molecule has 1 saturated heterocycles. The number of hydrogen-bond acceptors (Lipinski definition) is 5. The molecule has 2 aromatic carbocycles. The summed E-state index contributed by atoms with van der Waals surface area (Å²) in [6.07, 6.45) is 6.24. The second-order valence-corrected chi connectivity index (χ2v) is 12.1. The van der Waals surface area contributed by atoms with Crippen LogP contribution in [0.5, 0.6) is 0 Å². The Bertz CT molecular complexity index is 1170. The summed E-state index contributed by atoms with van der Waals surface area (Å²) in [7, 11) is 0. The predicted octanol–water partition coefficient (Wildman–Crippen LogP) is 7.33. The van der Waals surface area contributed by atoms with Gasteiger partial charge in [0.25, 0.3) is 0 Å². The van der Waals surface area contributed by atoms with Crippen molar-refractivity contribution in [2.75, 3.05) is 0 Å². The molecular weight excluding hydrogens is 500 g/mol. The Kier molecular flexibility index (Phi) is 7.89. The van der Waals surface area contributed by atoms with Crippen molar-refractivity contribution in [2.24, 2.45) is 11.3 Å². The lowest BCUT2D eigenvalue weighted by atomic mass is 9.84. The highest BCUT2D eigenvalue weighted by Gasteiger charge is 2.49. The Morgan fingerprint density at radius 1 is 0.974 bits per heavy atom. The fourth-order valence-corrected chi connectivity index (χ4v) is 6.84. The topological polar surface area (TPSA) is 61.8 Å². The third-order valence-electron chi connectivity index (χ3n) is 8.96. The van der Waals surface area contributed by atoms with Gasteiger partial charge in [0.05, 0.1) is 6.10 Å². The minimum atomic E-state index is -0.747. The summed E-state index contributed by atoms with van der Waals surface area (Å²) < 4.78 is 17.9. The second kappa shape index (κ2) is 11.0. The van der Waals surface area contributed by atoms with Crippen molar-refractivity contribution >= 4 is 23.5 Å². The maximum absolute atomic E-state index is 12.1. The van der Waals surface area contributed by atoms with Gasteiger partial charge in [0, 0.05) is 24.8 Å². The molecular formula is C32H39ClO5. The fraction of sp³-hybridized carbons (Fsp3) is 0.562. The van der Waals surface area contributed by atoms with Crippen LogP contribution in [0.3, 0.4) is 0 Å². The SMILES string of the molecule is CC[C@H]1OC(c2ccc(Cl)c(Cc3ccc(C4CCC5(CC5)C4)cc3)c2)[C@H](OC(C)=O)[C@@H](OC(C)=O)[C@@H]1C. The number of rotatable bonds is 7. The number of carbonyl (C=O) groups is 2. The summed E-state index contributed by atoms with van der Waals surface area (Å²) in [5.74, 6) is -0.268. The van der Waals surface area contributed by atoms with Crippen LogP contribution in [-0.2, 0) is 30.2 Å². The lowest BCUT2D eigenvalue weighted by molar-refractivity contribution is -0.225. The van der Waals surface area contributed by atoms with Gasteiger partial charge < -0.3 is 14.2 Å². The van der Waals surface area contributed by atoms with E-state index in [9.17, 15) is 9.59 Å². The fourth-order valence-electron chi connectivity index (χ4n) is 6.65. The van der Waals surface area contributed by atoms with Crippen LogP contribution in [0, 0.1) is 11.3 Å². The van der Waals surface area contributed by atoms with Gasteiger partial charge in [-0.25, -0.2) is 0 Å². The van der Waals surface area contributed by atoms with E-state index >= 15 is 0 Å². The predicted molar refractivity (Wildman–Crippen MR) is 147 cm³/mol. The van der Waals surface area contributed by atoms with Gasteiger partial charge in [-0.1, -0.05) is 61.8 Å². The first-order chi connectivity index (χ1) is 18.2. The molecule has 3 fully saturated rings. The van der Waals surface area contributed by atoms with Gasteiger partial charge in [0.2, 0.25) is 0 Å². The number of carbonyl (C=O) groups excluding carboxylic acids is 2. The normalized spacial score (nSPS) is 29.7. The molecule has 3 aliphatic rings. The molecule has 6 atom stereocenters. The average Bonchev–Trinajstić information content (AvgIpc) is 3.51. The van der Waals surface area contributed by atoms with E-state index in [0.29, 0.717) is 22.8 Å². The standard InChI is InChI=1S/C32H39ClO5/c1-5-28-19(2)29(36-20(3)34)31(37-21(4)35)30(38-28)24-10-11-27(33)26(17-24)16-22-6-8-23(9-7-22)25-12-13-32(18-25)14-15-32/h6-11,17,19,25,28-31H,5,12-16,18H2,1-4H3/t19-,25?,28-,29+,30?,31-/m1/s1. The number of ether oxygens (including phenoxy) is 3. The number of halogens is 1. The van der Waals surface area contributed by atoms with E-state index in [1.807, 2.05) is 32.0 Å². The van der Waals surface area contributed by atoms with Crippen LogP contribution >= 0.6 is 11.6 Å². The Hall–Kier alpha value is -2.37.